The first-order valence-electron chi connectivity index (χ1n) is 5.74. The summed E-state index contributed by atoms with van der Waals surface area (Å²) in [5.41, 5.74) is 1.37. The summed E-state index contributed by atoms with van der Waals surface area (Å²) in [6.07, 6.45) is 0. The average molecular weight is 268 g/mol. The molecule has 0 bridgehead atoms. The van der Waals surface area contributed by atoms with Crippen LogP contribution in [0.25, 0.3) is 0 Å². The van der Waals surface area contributed by atoms with Crippen LogP contribution in [0.15, 0.2) is 23.1 Å². The molecule has 1 N–H and O–H groups in total. The second-order valence-electron chi connectivity index (χ2n) is 4.37. The van der Waals surface area contributed by atoms with Crippen LogP contribution in [0.5, 0.6) is 0 Å². The first-order valence-corrected chi connectivity index (χ1v) is 7.39. The Kier molecular flexibility index (Phi) is 3.41. The first-order chi connectivity index (χ1) is 8.45. The van der Waals surface area contributed by atoms with E-state index in [0.717, 1.165) is 5.56 Å². The van der Waals surface area contributed by atoms with Crippen molar-refractivity contribution in [1.82, 2.24) is 5.32 Å². The number of sulfone groups is 1. The van der Waals surface area contributed by atoms with Crippen LogP contribution in [-0.4, -0.2) is 40.2 Å². The molecule has 0 saturated heterocycles. The molecule has 6 heteroatoms. The monoisotopic (exact) mass is 268 g/mol. The summed E-state index contributed by atoms with van der Waals surface area (Å²) < 4.78 is 24.0. The quantitative estimate of drug-likeness (QED) is 0.839. The minimum Gasteiger partial charge on any atom is -0.311 e. The number of aryl methyl sites for hydroxylation is 1. The highest BCUT2D eigenvalue weighted by Gasteiger charge is 2.31. The van der Waals surface area contributed by atoms with Crippen LogP contribution in [0.1, 0.15) is 5.56 Å². The van der Waals surface area contributed by atoms with E-state index in [4.69, 9.17) is 0 Å². The van der Waals surface area contributed by atoms with Gasteiger partial charge >= 0.3 is 0 Å². The van der Waals surface area contributed by atoms with Gasteiger partial charge in [-0.3, -0.25) is 4.79 Å². The van der Waals surface area contributed by atoms with E-state index in [0.29, 0.717) is 5.69 Å². The number of likely N-dealkylation sites (N-methyl/N-ethyl adjacent to an activating group) is 1. The number of nitrogens with one attached hydrogen (secondary N) is 1. The Morgan fingerprint density at radius 1 is 1.44 bits per heavy atom. The van der Waals surface area contributed by atoms with E-state index in [-0.39, 0.29) is 29.6 Å². The number of anilines is 1. The van der Waals surface area contributed by atoms with E-state index in [1.807, 2.05) is 13.0 Å². The number of rotatable bonds is 2. The molecule has 0 aliphatic carbocycles. The zero-order valence-electron chi connectivity index (χ0n) is 10.4. The fourth-order valence-electron chi connectivity index (χ4n) is 2.04. The normalized spacial score (nSPS) is 17.3. The molecule has 1 aromatic carbocycles. The zero-order chi connectivity index (χ0) is 13.3. The Bertz CT molecular complexity index is 581. The van der Waals surface area contributed by atoms with Gasteiger partial charge in [0.2, 0.25) is 5.91 Å². The van der Waals surface area contributed by atoms with Crippen molar-refractivity contribution in [3.63, 3.8) is 0 Å². The van der Waals surface area contributed by atoms with E-state index in [9.17, 15) is 13.2 Å². The molecule has 0 aromatic heterocycles. The van der Waals surface area contributed by atoms with Gasteiger partial charge in [-0.2, -0.15) is 0 Å². The van der Waals surface area contributed by atoms with Crippen LogP contribution in [0.3, 0.4) is 0 Å². The Morgan fingerprint density at radius 2 is 2.17 bits per heavy atom. The molecular weight excluding hydrogens is 252 g/mol. The molecular formula is C12H16N2O3S. The van der Waals surface area contributed by atoms with E-state index in [2.05, 4.69) is 5.32 Å². The summed E-state index contributed by atoms with van der Waals surface area (Å²) in [6.45, 7) is 2.26. The number of hydrogen-bond acceptors (Lipinski definition) is 4. The Morgan fingerprint density at radius 3 is 2.83 bits per heavy atom. The smallest absolute Gasteiger partial charge is 0.240 e. The van der Waals surface area contributed by atoms with Crippen molar-refractivity contribution < 1.29 is 13.2 Å². The van der Waals surface area contributed by atoms with E-state index in [1.165, 1.54) is 4.90 Å². The summed E-state index contributed by atoms with van der Waals surface area (Å²) in [5.74, 6) is -0.128. The van der Waals surface area contributed by atoms with Gasteiger partial charge in [0.1, 0.15) is 0 Å². The SMILES string of the molecule is CNCC(=O)N1CCS(=O)(=O)c2cc(C)ccc21. The van der Waals surface area contributed by atoms with Crippen molar-refractivity contribution in [3.05, 3.63) is 23.8 Å². The molecule has 1 aliphatic heterocycles. The second kappa shape index (κ2) is 4.70. The molecule has 1 heterocycles. The number of amides is 1. The second-order valence-corrected chi connectivity index (χ2v) is 6.44. The van der Waals surface area contributed by atoms with Crippen LogP contribution in [0.2, 0.25) is 0 Å². The molecule has 0 fully saturated rings. The van der Waals surface area contributed by atoms with Crippen LogP contribution >= 0.6 is 0 Å². The lowest BCUT2D eigenvalue weighted by molar-refractivity contribution is -0.117. The highest BCUT2D eigenvalue weighted by molar-refractivity contribution is 7.91. The van der Waals surface area contributed by atoms with Crippen LogP contribution in [-0.2, 0) is 14.6 Å². The van der Waals surface area contributed by atoms with Gasteiger partial charge in [-0.05, 0) is 31.7 Å². The van der Waals surface area contributed by atoms with Crippen molar-refractivity contribution in [2.45, 2.75) is 11.8 Å². The van der Waals surface area contributed by atoms with Crippen LogP contribution in [0, 0.1) is 6.92 Å². The maximum atomic E-state index is 12.0. The summed E-state index contributed by atoms with van der Waals surface area (Å²) in [4.78, 5) is 13.7. The minimum atomic E-state index is -3.26. The predicted octanol–water partition coefficient (Wildman–Crippen LogP) is 0.335. The first kappa shape index (κ1) is 13.0. The molecule has 0 saturated carbocycles. The number of fused-ring (bicyclic) bond motifs is 1. The third-order valence-corrected chi connectivity index (χ3v) is 4.67. The number of hydrogen-bond donors (Lipinski definition) is 1. The summed E-state index contributed by atoms with van der Waals surface area (Å²) in [5, 5.41) is 2.79. The van der Waals surface area contributed by atoms with Crippen molar-refractivity contribution in [2.75, 3.05) is 30.8 Å². The van der Waals surface area contributed by atoms with Crippen molar-refractivity contribution in [2.24, 2.45) is 0 Å². The Hall–Kier alpha value is -1.40. The predicted molar refractivity (Wildman–Crippen MR) is 69.5 cm³/mol. The Balaban J connectivity index is 2.50. The van der Waals surface area contributed by atoms with E-state index < -0.39 is 9.84 Å². The lowest BCUT2D eigenvalue weighted by Crippen LogP contribution is -2.43. The van der Waals surface area contributed by atoms with Gasteiger partial charge in [0.25, 0.3) is 0 Å². The lowest BCUT2D eigenvalue weighted by Gasteiger charge is -2.29. The standard InChI is InChI=1S/C12H16N2O3S/c1-9-3-4-10-11(7-9)18(16,17)6-5-14(10)12(15)8-13-2/h3-4,7,13H,5-6,8H2,1-2H3. The molecule has 0 unspecified atom stereocenters. The highest BCUT2D eigenvalue weighted by Crippen LogP contribution is 2.31. The molecule has 0 spiro atoms. The maximum Gasteiger partial charge on any atom is 0.240 e. The van der Waals surface area contributed by atoms with E-state index >= 15 is 0 Å². The Labute approximate surface area is 107 Å². The third-order valence-electron chi connectivity index (χ3n) is 2.95. The zero-order valence-corrected chi connectivity index (χ0v) is 11.3. The fraction of sp³-hybridized carbons (Fsp3) is 0.417. The summed E-state index contributed by atoms with van der Waals surface area (Å²) in [7, 11) is -1.57. The van der Waals surface area contributed by atoms with Crippen LogP contribution < -0.4 is 10.2 Å². The third kappa shape index (κ3) is 2.26. The molecule has 1 amide bonds. The molecule has 2 rings (SSSR count). The van der Waals surface area contributed by atoms with Gasteiger partial charge < -0.3 is 10.2 Å². The minimum absolute atomic E-state index is 0.0150. The molecule has 1 aromatic rings. The van der Waals surface area contributed by atoms with Crippen molar-refractivity contribution >= 4 is 21.4 Å². The van der Waals surface area contributed by atoms with Gasteiger partial charge in [0, 0.05) is 6.54 Å². The largest absolute Gasteiger partial charge is 0.311 e. The number of benzene rings is 1. The van der Waals surface area contributed by atoms with Crippen molar-refractivity contribution in [3.8, 4) is 0 Å². The van der Waals surface area contributed by atoms with Crippen molar-refractivity contribution in [1.29, 1.82) is 0 Å². The van der Waals surface area contributed by atoms with Gasteiger partial charge in [-0.1, -0.05) is 6.07 Å². The molecule has 98 valence electrons. The average Bonchev–Trinajstić information content (AvgIpc) is 2.30. The maximum absolute atomic E-state index is 12.0. The van der Waals surface area contributed by atoms with Gasteiger partial charge in [-0.25, -0.2) is 8.42 Å². The molecule has 0 atom stereocenters. The highest BCUT2D eigenvalue weighted by atomic mass is 32.2. The van der Waals surface area contributed by atoms with E-state index in [1.54, 1.807) is 19.2 Å². The topological polar surface area (TPSA) is 66.5 Å². The molecule has 18 heavy (non-hydrogen) atoms. The summed E-state index contributed by atoms with van der Waals surface area (Å²) >= 11 is 0. The fourth-order valence-corrected chi connectivity index (χ4v) is 3.55. The van der Waals surface area contributed by atoms with Gasteiger partial charge in [-0.15, -0.1) is 0 Å². The summed E-state index contributed by atoms with van der Waals surface area (Å²) in [6, 6.07) is 5.15. The lowest BCUT2D eigenvalue weighted by atomic mass is 10.2. The van der Waals surface area contributed by atoms with Gasteiger partial charge in [0.15, 0.2) is 9.84 Å². The number of carbonyl (C=O) groups excluding carboxylic acids is 1. The molecule has 0 radical (unpaired) electrons. The van der Waals surface area contributed by atoms with Gasteiger partial charge in [0.05, 0.1) is 22.9 Å². The van der Waals surface area contributed by atoms with Crippen LogP contribution in [0.4, 0.5) is 5.69 Å². The molecule has 1 aliphatic rings. The molecule has 5 nitrogen and oxygen atoms in total. The number of nitrogens with zero attached hydrogens (tertiary/aromatic N) is 1. The number of carbonyl (C=O) groups is 1.